The number of nitrogens with one attached hydrogen (secondary N) is 2. The van der Waals surface area contributed by atoms with Crippen molar-refractivity contribution in [1.29, 1.82) is 0 Å². The number of carbonyl (C=O) groups is 1. The number of aromatic nitrogens is 6. The monoisotopic (exact) mass is 448 g/mol. The summed E-state index contributed by atoms with van der Waals surface area (Å²) in [5.74, 6) is 0.396. The van der Waals surface area contributed by atoms with Gasteiger partial charge in [-0.15, -0.1) is 0 Å². The average molecular weight is 449 g/mol. The standard InChI is InChI=1S/C23H28N8O2/c1-23(2,3)33-22(32)28-14-6-8-15(9-7-14)31-21-17(19(24)26-12-27-21)18(30-31)16-11-13-5-4-10-25-20(13)29-16/h4-5,10-12,14-15H,6-9H2,1-3H3,(H,25,29)(H,28,32)(H2,24,26,27)/t14-,15+. The zero-order chi connectivity index (χ0) is 23.2. The van der Waals surface area contributed by atoms with Crippen molar-refractivity contribution in [2.75, 3.05) is 5.73 Å². The lowest BCUT2D eigenvalue weighted by Crippen LogP contribution is -2.41. The summed E-state index contributed by atoms with van der Waals surface area (Å²) in [4.78, 5) is 28.6. The van der Waals surface area contributed by atoms with Gasteiger partial charge >= 0.3 is 6.09 Å². The number of H-pyrrole nitrogens is 1. The van der Waals surface area contributed by atoms with E-state index < -0.39 is 5.60 Å². The Labute approximate surface area is 191 Å². The number of nitrogen functional groups attached to an aromatic ring is 1. The lowest BCUT2D eigenvalue weighted by Gasteiger charge is -2.30. The second-order valence-corrected chi connectivity index (χ2v) is 9.53. The van der Waals surface area contributed by atoms with Gasteiger partial charge in [0.05, 0.1) is 17.1 Å². The number of amides is 1. The molecule has 1 saturated carbocycles. The molecule has 4 N–H and O–H groups in total. The van der Waals surface area contributed by atoms with Gasteiger partial charge < -0.3 is 20.8 Å². The molecule has 33 heavy (non-hydrogen) atoms. The third-order valence-corrected chi connectivity index (χ3v) is 5.93. The molecule has 10 heteroatoms. The number of hydrogen-bond donors (Lipinski definition) is 3. The zero-order valence-electron chi connectivity index (χ0n) is 19.0. The fourth-order valence-electron chi connectivity index (χ4n) is 4.46. The summed E-state index contributed by atoms with van der Waals surface area (Å²) in [5.41, 5.74) is 8.81. The molecule has 0 saturated heterocycles. The molecule has 172 valence electrons. The van der Waals surface area contributed by atoms with Crippen LogP contribution in [0.3, 0.4) is 0 Å². The molecule has 10 nitrogen and oxygen atoms in total. The Bertz CT molecular complexity index is 1280. The highest BCUT2D eigenvalue weighted by Gasteiger charge is 2.29. The molecule has 5 rings (SSSR count). The molecule has 1 amide bonds. The zero-order valence-corrected chi connectivity index (χ0v) is 19.0. The summed E-state index contributed by atoms with van der Waals surface area (Å²) >= 11 is 0. The van der Waals surface area contributed by atoms with Crippen molar-refractivity contribution in [3.05, 3.63) is 30.7 Å². The predicted molar refractivity (Wildman–Crippen MR) is 125 cm³/mol. The summed E-state index contributed by atoms with van der Waals surface area (Å²) < 4.78 is 7.36. The first-order valence-corrected chi connectivity index (χ1v) is 11.2. The van der Waals surface area contributed by atoms with E-state index in [1.54, 1.807) is 6.20 Å². The van der Waals surface area contributed by atoms with E-state index in [1.165, 1.54) is 6.33 Å². The third kappa shape index (κ3) is 4.20. The summed E-state index contributed by atoms with van der Waals surface area (Å²) in [5, 5.41) is 9.66. The maximum absolute atomic E-state index is 12.1. The fourth-order valence-corrected chi connectivity index (χ4v) is 4.46. The van der Waals surface area contributed by atoms with Crippen molar-refractivity contribution in [3.63, 3.8) is 0 Å². The van der Waals surface area contributed by atoms with Crippen LogP contribution in [0.15, 0.2) is 30.7 Å². The van der Waals surface area contributed by atoms with E-state index in [2.05, 4.69) is 25.3 Å². The maximum Gasteiger partial charge on any atom is 0.407 e. The number of fused-ring (bicyclic) bond motifs is 2. The molecule has 4 aromatic heterocycles. The molecule has 0 radical (unpaired) electrons. The predicted octanol–water partition coefficient (Wildman–Crippen LogP) is 3.96. The van der Waals surface area contributed by atoms with Crippen LogP contribution >= 0.6 is 0 Å². The van der Waals surface area contributed by atoms with Gasteiger partial charge in [-0.1, -0.05) is 0 Å². The Kier molecular flexibility index (Phi) is 5.15. The molecule has 1 aliphatic rings. The molecular weight excluding hydrogens is 420 g/mol. The molecule has 0 atom stereocenters. The van der Waals surface area contributed by atoms with Crippen molar-refractivity contribution >= 4 is 34.0 Å². The minimum absolute atomic E-state index is 0.0804. The topological polar surface area (TPSA) is 137 Å². The van der Waals surface area contributed by atoms with Crippen LogP contribution in [0.1, 0.15) is 52.5 Å². The Hall–Kier alpha value is -3.69. The van der Waals surface area contributed by atoms with Gasteiger partial charge in [0, 0.05) is 17.6 Å². The second kappa shape index (κ2) is 8.02. The largest absolute Gasteiger partial charge is 0.444 e. The quantitative estimate of drug-likeness (QED) is 0.431. The number of hydrogen-bond acceptors (Lipinski definition) is 7. The van der Waals surface area contributed by atoms with E-state index in [-0.39, 0.29) is 18.2 Å². The number of anilines is 1. The summed E-state index contributed by atoms with van der Waals surface area (Å²) in [7, 11) is 0. The summed E-state index contributed by atoms with van der Waals surface area (Å²) in [6, 6.07) is 6.15. The number of carbonyl (C=O) groups excluding carboxylic acids is 1. The van der Waals surface area contributed by atoms with Crippen LogP contribution in [0.2, 0.25) is 0 Å². The first-order chi connectivity index (χ1) is 15.8. The van der Waals surface area contributed by atoms with Crippen LogP contribution in [0.4, 0.5) is 10.6 Å². The lowest BCUT2D eigenvalue weighted by atomic mass is 9.91. The molecule has 0 unspecified atom stereocenters. The van der Waals surface area contributed by atoms with Gasteiger partial charge in [0.15, 0.2) is 5.65 Å². The molecule has 0 spiro atoms. The lowest BCUT2D eigenvalue weighted by molar-refractivity contribution is 0.0487. The Morgan fingerprint density at radius 1 is 1.21 bits per heavy atom. The van der Waals surface area contributed by atoms with Crippen LogP contribution in [-0.2, 0) is 4.74 Å². The van der Waals surface area contributed by atoms with Crippen molar-refractivity contribution < 1.29 is 9.53 Å². The Morgan fingerprint density at radius 3 is 2.73 bits per heavy atom. The van der Waals surface area contributed by atoms with Gasteiger partial charge in [0.2, 0.25) is 0 Å². The van der Waals surface area contributed by atoms with Crippen LogP contribution < -0.4 is 11.1 Å². The highest BCUT2D eigenvalue weighted by molar-refractivity contribution is 5.99. The van der Waals surface area contributed by atoms with Gasteiger partial charge in [-0.2, -0.15) is 5.10 Å². The third-order valence-electron chi connectivity index (χ3n) is 5.93. The Morgan fingerprint density at radius 2 is 2.00 bits per heavy atom. The number of rotatable bonds is 3. The van der Waals surface area contributed by atoms with Crippen molar-refractivity contribution in [3.8, 4) is 11.4 Å². The van der Waals surface area contributed by atoms with E-state index >= 15 is 0 Å². The van der Waals surface area contributed by atoms with E-state index in [0.717, 1.165) is 53.5 Å². The molecule has 4 aromatic rings. The first-order valence-electron chi connectivity index (χ1n) is 11.2. The van der Waals surface area contributed by atoms with Gasteiger partial charge in [0.1, 0.15) is 29.1 Å². The molecule has 0 aromatic carbocycles. The van der Waals surface area contributed by atoms with Crippen LogP contribution in [0.25, 0.3) is 33.5 Å². The van der Waals surface area contributed by atoms with E-state index in [1.807, 2.05) is 43.7 Å². The number of aromatic amines is 1. The maximum atomic E-state index is 12.1. The molecule has 4 heterocycles. The molecule has 0 aliphatic heterocycles. The summed E-state index contributed by atoms with van der Waals surface area (Å²) in [6.45, 7) is 5.59. The SMILES string of the molecule is CC(C)(C)OC(=O)N[C@H]1CC[C@@H](n2nc(-c3cc4cccnc4[nH]3)c3c(N)ncnc32)CC1. The normalized spacial score (nSPS) is 19.1. The van der Waals surface area contributed by atoms with Crippen LogP contribution in [0, 0.1) is 0 Å². The van der Waals surface area contributed by atoms with Crippen LogP contribution in [0.5, 0.6) is 0 Å². The molecule has 0 bridgehead atoms. The second-order valence-electron chi connectivity index (χ2n) is 9.53. The van der Waals surface area contributed by atoms with Gasteiger partial charge in [-0.05, 0) is 64.7 Å². The number of nitrogens with two attached hydrogens (primary N) is 1. The minimum Gasteiger partial charge on any atom is -0.444 e. The molecular formula is C23H28N8O2. The van der Waals surface area contributed by atoms with Gasteiger partial charge in [-0.25, -0.2) is 24.4 Å². The molecule has 1 fully saturated rings. The first kappa shape index (κ1) is 21.2. The highest BCUT2D eigenvalue weighted by Crippen LogP contribution is 2.36. The van der Waals surface area contributed by atoms with Crippen molar-refractivity contribution in [2.24, 2.45) is 0 Å². The highest BCUT2D eigenvalue weighted by atomic mass is 16.6. The smallest absolute Gasteiger partial charge is 0.407 e. The molecule has 1 aliphatic carbocycles. The number of nitrogens with zero attached hydrogens (tertiary/aromatic N) is 5. The van der Waals surface area contributed by atoms with Gasteiger partial charge in [0.25, 0.3) is 0 Å². The number of ether oxygens (including phenoxy) is 1. The average Bonchev–Trinajstić information content (AvgIpc) is 3.35. The fraction of sp³-hybridized carbons (Fsp3) is 0.435. The number of alkyl carbamates (subject to hydrolysis) is 1. The minimum atomic E-state index is -0.510. The van der Waals surface area contributed by atoms with Gasteiger partial charge in [-0.3, -0.25) is 0 Å². The van der Waals surface area contributed by atoms with E-state index in [4.69, 9.17) is 15.6 Å². The van der Waals surface area contributed by atoms with E-state index in [0.29, 0.717) is 11.5 Å². The van der Waals surface area contributed by atoms with E-state index in [9.17, 15) is 4.79 Å². The van der Waals surface area contributed by atoms with Crippen LogP contribution in [-0.4, -0.2) is 47.5 Å². The van der Waals surface area contributed by atoms with Crippen molar-refractivity contribution in [1.82, 2.24) is 35.0 Å². The summed E-state index contributed by atoms with van der Waals surface area (Å²) in [6.07, 6.45) is 6.23. The Balaban J connectivity index is 1.41. The number of pyridine rings is 1. The van der Waals surface area contributed by atoms with Crippen molar-refractivity contribution in [2.45, 2.75) is 64.1 Å².